The molecule has 4 nitrogen and oxygen atoms in total. The highest BCUT2D eigenvalue weighted by Gasteiger charge is 2.26. The maximum Gasteiger partial charge on any atom is 0.131 e. The lowest BCUT2D eigenvalue weighted by atomic mass is 9.95. The van der Waals surface area contributed by atoms with Gasteiger partial charge in [0.1, 0.15) is 11.6 Å². The monoisotopic (exact) mass is 616 g/mol. The molecule has 0 fully saturated rings. The fraction of sp³-hybridized carbons (Fsp3) is 0.300. The lowest BCUT2D eigenvalue weighted by molar-refractivity contribution is 0.225. The molecule has 6 heteroatoms. The van der Waals surface area contributed by atoms with Crippen molar-refractivity contribution >= 4 is 21.8 Å². The fourth-order valence-corrected chi connectivity index (χ4v) is 7.62. The molecule has 2 aliphatic rings. The lowest BCUT2D eigenvalue weighted by Gasteiger charge is -2.32. The minimum atomic E-state index is -0.158. The smallest absolute Gasteiger partial charge is 0.131 e. The zero-order valence-electron chi connectivity index (χ0n) is 27.4. The molecule has 0 bridgehead atoms. The van der Waals surface area contributed by atoms with Crippen LogP contribution in [0.15, 0.2) is 85.2 Å². The Morgan fingerprint density at radius 3 is 1.72 bits per heavy atom. The predicted octanol–water partition coefficient (Wildman–Crippen LogP) is 8.53. The van der Waals surface area contributed by atoms with E-state index >= 15 is 0 Å². The summed E-state index contributed by atoms with van der Waals surface area (Å²) in [5, 5.41) is 5.71. The Morgan fingerprint density at radius 1 is 0.717 bits per heavy atom. The van der Waals surface area contributed by atoms with Gasteiger partial charge in [0.05, 0.1) is 11.0 Å². The van der Waals surface area contributed by atoms with Crippen LogP contribution in [0, 0.1) is 25.5 Å². The highest BCUT2D eigenvalue weighted by atomic mass is 19.1. The number of halogens is 2. The fourth-order valence-electron chi connectivity index (χ4n) is 7.62. The first kappa shape index (κ1) is 30.4. The number of likely N-dealkylation sites (N-methyl/N-ethyl adjacent to an activating group) is 2. The third-order valence-electron chi connectivity index (χ3n) is 10.00. The summed E-state index contributed by atoms with van der Waals surface area (Å²) in [5.41, 5.74) is 11.1. The number of hydrogen-bond acceptors (Lipinski definition) is 2. The summed E-state index contributed by atoms with van der Waals surface area (Å²) >= 11 is 0. The van der Waals surface area contributed by atoms with Crippen molar-refractivity contribution in [1.82, 2.24) is 19.4 Å². The normalized spacial score (nSPS) is 17.0. The van der Waals surface area contributed by atoms with E-state index in [-0.39, 0.29) is 11.6 Å². The van der Waals surface area contributed by atoms with E-state index in [1.807, 2.05) is 31.3 Å². The summed E-state index contributed by atoms with van der Waals surface area (Å²) in [7, 11) is 4.19. The largest absolute Gasteiger partial charge is 0.345 e. The molecule has 8 rings (SSSR count). The second-order valence-electron chi connectivity index (χ2n) is 13.1. The molecule has 0 aliphatic carbocycles. The molecule has 0 saturated carbocycles. The summed E-state index contributed by atoms with van der Waals surface area (Å²) in [5.74, 6) is -0.310. The molecule has 0 amide bonds. The van der Waals surface area contributed by atoms with Crippen LogP contribution in [-0.4, -0.2) is 46.8 Å². The Balaban J connectivity index is 0.000000147. The first-order valence-electron chi connectivity index (χ1n) is 16.4. The van der Waals surface area contributed by atoms with Gasteiger partial charge in [0, 0.05) is 70.6 Å². The van der Waals surface area contributed by atoms with Gasteiger partial charge in [-0.15, -0.1) is 0 Å². The number of aromatic nitrogens is 2. The highest BCUT2D eigenvalue weighted by Crippen LogP contribution is 2.39. The Bertz CT molecular complexity index is 2070. The maximum absolute atomic E-state index is 14.4. The van der Waals surface area contributed by atoms with Gasteiger partial charge < -0.3 is 19.4 Å². The Labute approximate surface area is 270 Å². The minimum absolute atomic E-state index is 0.152. The zero-order chi connectivity index (χ0) is 32.1. The van der Waals surface area contributed by atoms with Crippen LogP contribution in [0.4, 0.5) is 8.78 Å². The quantitative estimate of drug-likeness (QED) is 0.210. The number of aryl methyl sites for hydroxylation is 2. The van der Waals surface area contributed by atoms with Crippen molar-refractivity contribution in [2.45, 2.75) is 58.8 Å². The second kappa shape index (κ2) is 12.2. The van der Waals surface area contributed by atoms with Crippen LogP contribution in [-0.2, 0) is 25.9 Å². The molecular formula is C40H42F2N4. The van der Waals surface area contributed by atoms with E-state index in [1.54, 1.807) is 18.2 Å². The van der Waals surface area contributed by atoms with Crippen LogP contribution >= 0.6 is 0 Å². The summed E-state index contributed by atoms with van der Waals surface area (Å²) in [6, 6.07) is 24.0. The van der Waals surface area contributed by atoms with Gasteiger partial charge in [-0.3, -0.25) is 0 Å². The van der Waals surface area contributed by atoms with Crippen molar-refractivity contribution in [3.8, 4) is 22.3 Å². The molecule has 0 radical (unpaired) electrons. The molecule has 2 unspecified atom stereocenters. The molecule has 2 aromatic heterocycles. The van der Waals surface area contributed by atoms with Gasteiger partial charge in [0.15, 0.2) is 0 Å². The summed E-state index contributed by atoms with van der Waals surface area (Å²) in [6.07, 6.45) is 6.33. The van der Waals surface area contributed by atoms with Gasteiger partial charge in [0.25, 0.3) is 0 Å². The molecule has 2 atom stereocenters. The molecule has 236 valence electrons. The van der Waals surface area contributed by atoms with Crippen LogP contribution in [0.3, 0.4) is 0 Å². The molecular weight excluding hydrogens is 574 g/mol. The number of nitrogens with one attached hydrogen (secondary N) is 1. The first-order valence-corrected chi connectivity index (χ1v) is 16.4. The Kier molecular flexibility index (Phi) is 8.04. The van der Waals surface area contributed by atoms with Crippen molar-refractivity contribution < 1.29 is 8.78 Å². The van der Waals surface area contributed by atoms with Crippen molar-refractivity contribution in [2.75, 3.05) is 20.6 Å². The van der Waals surface area contributed by atoms with E-state index < -0.39 is 0 Å². The third-order valence-corrected chi connectivity index (χ3v) is 10.00. The van der Waals surface area contributed by atoms with E-state index in [4.69, 9.17) is 0 Å². The van der Waals surface area contributed by atoms with E-state index in [9.17, 15) is 8.78 Å². The summed E-state index contributed by atoms with van der Waals surface area (Å²) in [4.78, 5) is 2.40. The average Bonchev–Trinajstić information content (AvgIpc) is 3.60. The van der Waals surface area contributed by atoms with E-state index in [0.29, 0.717) is 23.2 Å². The van der Waals surface area contributed by atoms with E-state index in [0.717, 1.165) is 49.0 Å². The Hall–Kier alpha value is -4.26. The molecule has 2 aliphatic heterocycles. The van der Waals surface area contributed by atoms with Crippen molar-refractivity contribution in [1.29, 1.82) is 0 Å². The highest BCUT2D eigenvalue weighted by molar-refractivity contribution is 5.99. The Morgan fingerprint density at radius 2 is 1.22 bits per heavy atom. The van der Waals surface area contributed by atoms with E-state index in [2.05, 4.69) is 83.8 Å². The molecule has 4 heterocycles. The average molecular weight is 617 g/mol. The number of hydrogen-bond donors (Lipinski definition) is 1. The van der Waals surface area contributed by atoms with Crippen LogP contribution in [0.5, 0.6) is 0 Å². The number of nitrogens with zero attached hydrogens (tertiary/aromatic N) is 3. The molecule has 0 saturated heterocycles. The van der Waals surface area contributed by atoms with Crippen molar-refractivity contribution in [3.05, 3.63) is 119 Å². The van der Waals surface area contributed by atoms with Gasteiger partial charge in [-0.05, 0) is 82.7 Å². The van der Waals surface area contributed by atoms with Gasteiger partial charge in [-0.1, -0.05) is 66.6 Å². The van der Waals surface area contributed by atoms with Gasteiger partial charge >= 0.3 is 0 Å². The lowest BCUT2D eigenvalue weighted by Crippen LogP contribution is -2.39. The molecule has 46 heavy (non-hydrogen) atoms. The summed E-state index contributed by atoms with van der Waals surface area (Å²) < 4.78 is 33.2. The zero-order valence-corrected chi connectivity index (χ0v) is 27.4. The SMILES string of the molecule is CCN(C)C1Cc2cc(C)cc3c(-c4ccccc4F)cn(c23)C1.CNC1Cc2cc(C)cc3c(-c4ccccc4F)cn(c23)C1. The molecule has 1 N–H and O–H groups in total. The van der Waals surface area contributed by atoms with Crippen LogP contribution in [0.25, 0.3) is 44.1 Å². The molecule has 6 aromatic rings. The molecule has 4 aromatic carbocycles. The molecule has 0 spiro atoms. The summed E-state index contributed by atoms with van der Waals surface area (Å²) in [6.45, 7) is 9.37. The van der Waals surface area contributed by atoms with Crippen LogP contribution in [0.1, 0.15) is 29.2 Å². The number of benzene rings is 4. The number of rotatable bonds is 5. The van der Waals surface area contributed by atoms with Gasteiger partial charge in [0.2, 0.25) is 0 Å². The minimum Gasteiger partial charge on any atom is -0.345 e. The second-order valence-corrected chi connectivity index (χ2v) is 13.1. The van der Waals surface area contributed by atoms with Crippen LogP contribution < -0.4 is 5.32 Å². The van der Waals surface area contributed by atoms with Crippen molar-refractivity contribution in [3.63, 3.8) is 0 Å². The maximum atomic E-state index is 14.4. The predicted molar refractivity (Wildman–Crippen MR) is 186 cm³/mol. The standard InChI is InChI=1S/C21H23FN2.C19H19FN2/c1-4-23(3)16-11-15-9-14(2)10-18-19(13-24(12-16)21(15)18)17-7-5-6-8-20(17)22;1-12-7-13-9-14(21-2)10-22-11-17(16(8-12)19(13)22)15-5-3-4-6-18(15)20/h5-10,13,16H,4,11-12H2,1-3H3;3-8,11,14,21H,9-10H2,1-2H3. The van der Waals surface area contributed by atoms with Crippen LogP contribution in [0.2, 0.25) is 0 Å². The van der Waals surface area contributed by atoms with Gasteiger partial charge in [-0.25, -0.2) is 8.78 Å². The third kappa shape index (κ3) is 5.33. The van der Waals surface area contributed by atoms with Crippen molar-refractivity contribution in [2.24, 2.45) is 0 Å². The van der Waals surface area contributed by atoms with E-state index in [1.165, 1.54) is 44.7 Å². The van der Waals surface area contributed by atoms with Gasteiger partial charge in [-0.2, -0.15) is 0 Å². The first-order chi connectivity index (χ1) is 22.2. The topological polar surface area (TPSA) is 25.1 Å².